The zero-order valence-electron chi connectivity index (χ0n) is 19.4. The minimum atomic E-state index is -1.51. The normalized spacial score (nSPS) is 21.3. The molecule has 0 amide bonds. The predicted molar refractivity (Wildman–Crippen MR) is 128 cm³/mol. The Labute approximate surface area is 210 Å². The van der Waals surface area contributed by atoms with Crippen LogP contribution in [0, 0.1) is 17.5 Å². The SMILES string of the molecule is COC(C)NCCc1c(F)cccc1-c1onc([C@H]2CNCC[C@]2(O)c2ccc(F)c(F)c2)c1Br. The lowest BCUT2D eigenvalue weighted by atomic mass is 9.75. The van der Waals surface area contributed by atoms with Gasteiger partial charge in [0.15, 0.2) is 17.4 Å². The lowest BCUT2D eigenvalue weighted by Gasteiger charge is -2.40. The Morgan fingerprint density at radius 3 is 2.80 bits per heavy atom. The molecule has 3 atom stereocenters. The summed E-state index contributed by atoms with van der Waals surface area (Å²) >= 11 is 3.55. The molecule has 2 heterocycles. The Morgan fingerprint density at radius 1 is 1.26 bits per heavy atom. The fourth-order valence-electron chi connectivity index (χ4n) is 4.49. The minimum Gasteiger partial charge on any atom is -0.384 e. The summed E-state index contributed by atoms with van der Waals surface area (Å²) in [6, 6.07) is 8.12. The summed E-state index contributed by atoms with van der Waals surface area (Å²) in [5, 5.41) is 22.2. The highest BCUT2D eigenvalue weighted by molar-refractivity contribution is 9.10. The number of rotatable bonds is 8. The molecule has 0 spiro atoms. The number of hydrogen-bond acceptors (Lipinski definition) is 6. The van der Waals surface area contributed by atoms with E-state index in [9.17, 15) is 18.3 Å². The van der Waals surface area contributed by atoms with Crippen LogP contribution in [0.25, 0.3) is 11.3 Å². The number of nitrogens with one attached hydrogen (secondary N) is 2. The van der Waals surface area contributed by atoms with Crippen molar-refractivity contribution in [2.75, 3.05) is 26.7 Å². The number of halogens is 4. The van der Waals surface area contributed by atoms with E-state index in [-0.39, 0.29) is 24.0 Å². The lowest BCUT2D eigenvalue weighted by Crippen LogP contribution is -2.47. The first-order valence-corrected chi connectivity index (χ1v) is 12.1. The van der Waals surface area contributed by atoms with Gasteiger partial charge in [-0.25, -0.2) is 13.2 Å². The van der Waals surface area contributed by atoms with Crippen LogP contribution in [0.3, 0.4) is 0 Å². The molecule has 0 aliphatic carbocycles. The third-order valence-corrected chi connectivity index (χ3v) is 7.31. The molecule has 1 aliphatic heterocycles. The highest BCUT2D eigenvalue weighted by atomic mass is 79.9. The molecule has 0 saturated carbocycles. The molecule has 3 N–H and O–H groups in total. The molecule has 2 aromatic carbocycles. The molecule has 1 unspecified atom stereocenters. The summed E-state index contributed by atoms with van der Waals surface area (Å²) in [5.74, 6) is -2.70. The van der Waals surface area contributed by atoms with E-state index in [1.165, 1.54) is 12.1 Å². The Morgan fingerprint density at radius 2 is 2.06 bits per heavy atom. The van der Waals surface area contributed by atoms with Crippen molar-refractivity contribution in [2.24, 2.45) is 0 Å². The Balaban J connectivity index is 1.69. The van der Waals surface area contributed by atoms with Gasteiger partial charge in [-0.15, -0.1) is 0 Å². The molecule has 0 bridgehead atoms. The second kappa shape index (κ2) is 10.8. The maximum absolute atomic E-state index is 14.8. The van der Waals surface area contributed by atoms with Gasteiger partial charge >= 0.3 is 0 Å². The number of ether oxygens (including phenoxy) is 1. The van der Waals surface area contributed by atoms with Gasteiger partial charge in [-0.05, 0) is 66.0 Å². The maximum atomic E-state index is 14.8. The van der Waals surface area contributed by atoms with Crippen LogP contribution in [0.4, 0.5) is 13.2 Å². The van der Waals surface area contributed by atoms with Crippen LogP contribution in [0.2, 0.25) is 0 Å². The topological polar surface area (TPSA) is 79.5 Å². The van der Waals surface area contributed by atoms with Gasteiger partial charge in [0, 0.05) is 31.3 Å². The molecule has 35 heavy (non-hydrogen) atoms. The van der Waals surface area contributed by atoms with Gasteiger partial charge in [0.1, 0.15) is 23.3 Å². The van der Waals surface area contributed by atoms with E-state index in [4.69, 9.17) is 9.26 Å². The smallest absolute Gasteiger partial charge is 0.181 e. The molecule has 10 heteroatoms. The second-order valence-electron chi connectivity index (χ2n) is 8.62. The standard InChI is InChI=1S/C25H27BrF3N3O3/c1-14(34-2)31-10-8-16-17(4-3-5-19(16)27)24-22(26)23(32-35-24)18-13-30-11-9-25(18,33)15-6-7-20(28)21(29)12-15/h3-7,12,14,18,30-31,33H,8-11,13H2,1-2H3/t14?,18-,25+/m1/s1. The van der Waals surface area contributed by atoms with Crippen molar-refractivity contribution in [1.82, 2.24) is 15.8 Å². The number of nitrogens with zero attached hydrogens (tertiary/aromatic N) is 1. The second-order valence-corrected chi connectivity index (χ2v) is 9.41. The van der Waals surface area contributed by atoms with E-state index in [1.807, 2.05) is 6.92 Å². The zero-order chi connectivity index (χ0) is 25.2. The van der Waals surface area contributed by atoms with Gasteiger partial charge in [0.2, 0.25) is 0 Å². The Kier molecular flexibility index (Phi) is 7.97. The molecule has 3 aromatic rings. The third-order valence-electron chi connectivity index (χ3n) is 6.54. The predicted octanol–water partition coefficient (Wildman–Crippen LogP) is 4.61. The average molecular weight is 554 g/mol. The van der Waals surface area contributed by atoms with Crippen LogP contribution in [0.1, 0.15) is 36.1 Å². The van der Waals surface area contributed by atoms with E-state index in [0.29, 0.717) is 53.1 Å². The number of piperidine rings is 1. The van der Waals surface area contributed by atoms with Crippen LogP contribution in [-0.2, 0) is 16.8 Å². The van der Waals surface area contributed by atoms with E-state index < -0.39 is 23.2 Å². The molecule has 1 saturated heterocycles. The quantitative estimate of drug-likeness (QED) is 0.353. The van der Waals surface area contributed by atoms with E-state index in [1.54, 1.807) is 19.2 Å². The number of methoxy groups -OCH3 is 1. The number of benzene rings is 2. The molecule has 1 aliphatic rings. The summed E-state index contributed by atoms with van der Waals surface area (Å²) in [4.78, 5) is 0. The van der Waals surface area contributed by atoms with Crippen molar-refractivity contribution in [3.05, 3.63) is 75.1 Å². The van der Waals surface area contributed by atoms with E-state index in [0.717, 1.165) is 12.1 Å². The highest BCUT2D eigenvalue weighted by Crippen LogP contribution is 2.46. The van der Waals surface area contributed by atoms with Crippen LogP contribution >= 0.6 is 15.9 Å². The summed E-state index contributed by atoms with van der Waals surface area (Å²) in [7, 11) is 1.58. The van der Waals surface area contributed by atoms with E-state index in [2.05, 4.69) is 31.7 Å². The minimum absolute atomic E-state index is 0.179. The van der Waals surface area contributed by atoms with Crippen molar-refractivity contribution < 1.29 is 27.5 Å². The fraction of sp³-hybridized carbons (Fsp3) is 0.400. The van der Waals surface area contributed by atoms with Crippen LogP contribution in [-0.4, -0.2) is 43.2 Å². The summed E-state index contributed by atoms with van der Waals surface area (Å²) in [6.07, 6.45) is 0.454. The first-order valence-electron chi connectivity index (χ1n) is 11.3. The molecular formula is C25H27BrF3N3O3. The van der Waals surface area contributed by atoms with Crippen molar-refractivity contribution in [1.29, 1.82) is 0 Å². The summed E-state index contributed by atoms with van der Waals surface area (Å²) in [6.45, 7) is 3.14. The number of aromatic nitrogens is 1. The van der Waals surface area contributed by atoms with Gasteiger partial charge in [-0.3, -0.25) is 5.32 Å². The molecule has 0 radical (unpaired) electrons. The van der Waals surface area contributed by atoms with Crippen molar-refractivity contribution in [2.45, 2.75) is 37.5 Å². The van der Waals surface area contributed by atoms with Crippen LogP contribution < -0.4 is 10.6 Å². The van der Waals surface area contributed by atoms with Crippen LogP contribution in [0.5, 0.6) is 0 Å². The number of hydrogen-bond donors (Lipinski definition) is 3. The van der Waals surface area contributed by atoms with Gasteiger partial charge in [0.05, 0.1) is 10.4 Å². The molecule has 4 rings (SSSR count). The number of aliphatic hydroxyl groups is 1. The molecule has 188 valence electrons. The zero-order valence-corrected chi connectivity index (χ0v) is 21.0. The van der Waals surface area contributed by atoms with Gasteiger partial charge < -0.3 is 19.7 Å². The molecule has 1 fully saturated rings. The van der Waals surface area contributed by atoms with Gasteiger partial charge in [-0.1, -0.05) is 23.4 Å². The third kappa shape index (κ3) is 5.17. The van der Waals surface area contributed by atoms with Crippen molar-refractivity contribution in [3.63, 3.8) is 0 Å². The summed E-state index contributed by atoms with van der Waals surface area (Å²) in [5.41, 5.74) is 0.124. The summed E-state index contributed by atoms with van der Waals surface area (Å²) < 4.78 is 53.7. The van der Waals surface area contributed by atoms with Gasteiger partial charge in [0.25, 0.3) is 0 Å². The largest absolute Gasteiger partial charge is 0.384 e. The Bertz CT molecular complexity index is 1190. The van der Waals surface area contributed by atoms with Crippen molar-refractivity contribution in [3.8, 4) is 11.3 Å². The Hall–Kier alpha value is -2.24. The first-order chi connectivity index (χ1) is 16.8. The first kappa shape index (κ1) is 25.8. The molecule has 1 aromatic heterocycles. The highest BCUT2D eigenvalue weighted by Gasteiger charge is 2.44. The maximum Gasteiger partial charge on any atom is 0.181 e. The van der Waals surface area contributed by atoms with Gasteiger partial charge in [-0.2, -0.15) is 0 Å². The van der Waals surface area contributed by atoms with Crippen LogP contribution in [0.15, 0.2) is 45.4 Å². The fourth-order valence-corrected chi connectivity index (χ4v) is 5.12. The lowest BCUT2D eigenvalue weighted by molar-refractivity contribution is -0.0179. The monoisotopic (exact) mass is 553 g/mol. The van der Waals surface area contributed by atoms with E-state index >= 15 is 0 Å². The molecule has 6 nitrogen and oxygen atoms in total. The molecular weight excluding hydrogens is 527 g/mol. The average Bonchev–Trinajstić information content (AvgIpc) is 3.22. The van der Waals surface area contributed by atoms with Crippen molar-refractivity contribution >= 4 is 15.9 Å².